The van der Waals surface area contributed by atoms with Crippen molar-refractivity contribution in [3.8, 4) is 0 Å². The van der Waals surface area contributed by atoms with Crippen molar-refractivity contribution in [1.82, 2.24) is 0 Å². The third-order valence-corrected chi connectivity index (χ3v) is 3.70. The molecule has 130 valence electrons. The molecule has 0 N–H and O–H groups in total. The van der Waals surface area contributed by atoms with Crippen LogP contribution < -0.4 is 0 Å². The van der Waals surface area contributed by atoms with Crippen molar-refractivity contribution < 1.29 is 0 Å². The Morgan fingerprint density at radius 2 is 1.43 bits per heavy atom. The van der Waals surface area contributed by atoms with Gasteiger partial charge in [-0.05, 0) is 44.4 Å². The lowest BCUT2D eigenvalue weighted by molar-refractivity contribution is 0.674. The summed E-state index contributed by atoms with van der Waals surface area (Å²) in [4.78, 5) is 0. The Morgan fingerprint density at radius 1 is 0.696 bits per heavy atom. The van der Waals surface area contributed by atoms with Gasteiger partial charge in [-0.2, -0.15) is 0 Å². The molecule has 0 aromatic carbocycles. The maximum absolute atomic E-state index is 2.33. The van der Waals surface area contributed by atoms with Crippen molar-refractivity contribution in [3.05, 3.63) is 60.8 Å². The van der Waals surface area contributed by atoms with Gasteiger partial charge in [0.05, 0.1) is 0 Å². The second-order valence-electron chi connectivity index (χ2n) is 6.17. The van der Waals surface area contributed by atoms with Crippen LogP contribution in [0.2, 0.25) is 0 Å². The third-order valence-electron chi connectivity index (χ3n) is 3.70. The molecule has 1 unspecified atom stereocenters. The van der Waals surface area contributed by atoms with Crippen LogP contribution >= 0.6 is 0 Å². The molecule has 23 heavy (non-hydrogen) atoms. The molecular formula is C23H38. The van der Waals surface area contributed by atoms with Crippen molar-refractivity contribution in [3.63, 3.8) is 0 Å². The van der Waals surface area contributed by atoms with Gasteiger partial charge in [0.2, 0.25) is 0 Å². The van der Waals surface area contributed by atoms with Gasteiger partial charge in [-0.3, -0.25) is 0 Å². The van der Waals surface area contributed by atoms with Gasteiger partial charge in [-0.25, -0.2) is 0 Å². The molecule has 0 spiro atoms. The van der Waals surface area contributed by atoms with E-state index in [0.29, 0.717) is 5.92 Å². The van der Waals surface area contributed by atoms with Crippen molar-refractivity contribution in [2.75, 3.05) is 0 Å². The van der Waals surface area contributed by atoms with E-state index in [1.54, 1.807) is 0 Å². The van der Waals surface area contributed by atoms with Crippen LogP contribution in [0.1, 0.15) is 78.6 Å². The minimum atomic E-state index is 0.625. The fourth-order valence-electron chi connectivity index (χ4n) is 2.22. The average molecular weight is 315 g/mol. The van der Waals surface area contributed by atoms with Crippen LogP contribution in [-0.4, -0.2) is 0 Å². The van der Waals surface area contributed by atoms with E-state index in [4.69, 9.17) is 0 Å². The van der Waals surface area contributed by atoms with E-state index < -0.39 is 0 Å². The van der Waals surface area contributed by atoms with Crippen molar-refractivity contribution >= 4 is 0 Å². The largest absolute Gasteiger partial charge is 0.0888 e. The first-order valence-electron chi connectivity index (χ1n) is 9.59. The second-order valence-corrected chi connectivity index (χ2v) is 6.17. The molecule has 0 aliphatic heterocycles. The quantitative estimate of drug-likeness (QED) is 0.173. The van der Waals surface area contributed by atoms with Gasteiger partial charge in [-0.15, -0.1) is 0 Å². The summed E-state index contributed by atoms with van der Waals surface area (Å²) in [6.07, 6.45) is 33.5. The molecule has 0 heteroatoms. The highest BCUT2D eigenvalue weighted by atomic mass is 14.0. The molecule has 0 saturated carbocycles. The zero-order chi connectivity index (χ0) is 17.0. The van der Waals surface area contributed by atoms with Crippen LogP contribution in [0.25, 0.3) is 0 Å². The monoisotopic (exact) mass is 314 g/mol. The minimum Gasteiger partial charge on any atom is -0.0888 e. The van der Waals surface area contributed by atoms with E-state index in [9.17, 15) is 0 Å². The average Bonchev–Trinajstić information content (AvgIpc) is 2.55. The fraction of sp³-hybridized carbons (Fsp3) is 0.565. The van der Waals surface area contributed by atoms with Crippen molar-refractivity contribution in [2.45, 2.75) is 78.6 Å². The van der Waals surface area contributed by atoms with Gasteiger partial charge in [-0.1, -0.05) is 101 Å². The molecule has 1 atom stereocenters. The van der Waals surface area contributed by atoms with E-state index in [1.807, 2.05) is 0 Å². The van der Waals surface area contributed by atoms with Crippen LogP contribution in [-0.2, 0) is 0 Å². The summed E-state index contributed by atoms with van der Waals surface area (Å²) in [7, 11) is 0. The van der Waals surface area contributed by atoms with Crippen LogP contribution in [0.4, 0.5) is 0 Å². The summed E-state index contributed by atoms with van der Waals surface area (Å²) in [5.41, 5.74) is 0. The standard InChI is InChI=1S/C23H38/c1-4-6-8-9-10-11-12-13-14-15-16-17-18-20-22-23(3)21-19-7-5-2/h7,11-12,14-15,17-20,22-23H,4-6,8-10,13,16,21H2,1-3H3. The fourth-order valence-corrected chi connectivity index (χ4v) is 2.22. The zero-order valence-electron chi connectivity index (χ0n) is 15.7. The predicted octanol–water partition coefficient (Wildman–Crippen LogP) is 7.95. The van der Waals surface area contributed by atoms with Crippen LogP contribution in [0.15, 0.2) is 60.8 Å². The topological polar surface area (TPSA) is 0 Å². The first-order valence-corrected chi connectivity index (χ1v) is 9.59. The SMILES string of the molecule is CCC=CCC(C)C=CC=CCC=CCC=CCCCCCC. The summed E-state index contributed by atoms with van der Waals surface area (Å²) in [5, 5.41) is 0. The summed E-state index contributed by atoms with van der Waals surface area (Å²) in [5.74, 6) is 0.625. The van der Waals surface area contributed by atoms with Crippen LogP contribution in [0.5, 0.6) is 0 Å². The zero-order valence-corrected chi connectivity index (χ0v) is 15.7. The predicted molar refractivity (Wildman–Crippen MR) is 108 cm³/mol. The second kappa shape index (κ2) is 18.7. The first-order chi connectivity index (χ1) is 11.3. The maximum Gasteiger partial charge on any atom is -0.0166 e. The van der Waals surface area contributed by atoms with Gasteiger partial charge in [0, 0.05) is 0 Å². The molecule has 0 amide bonds. The Morgan fingerprint density at radius 3 is 2.17 bits per heavy atom. The van der Waals surface area contributed by atoms with Gasteiger partial charge >= 0.3 is 0 Å². The third kappa shape index (κ3) is 18.7. The summed E-state index contributed by atoms with van der Waals surface area (Å²) in [6.45, 7) is 6.70. The van der Waals surface area contributed by atoms with E-state index in [2.05, 4.69) is 81.5 Å². The highest BCUT2D eigenvalue weighted by molar-refractivity contribution is 5.07. The van der Waals surface area contributed by atoms with Gasteiger partial charge in [0.1, 0.15) is 0 Å². The molecule has 0 saturated heterocycles. The molecule has 0 aliphatic carbocycles. The molecule has 0 bridgehead atoms. The summed E-state index contributed by atoms with van der Waals surface area (Å²) < 4.78 is 0. The molecule has 0 fully saturated rings. The van der Waals surface area contributed by atoms with Gasteiger partial charge in [0.25, 0.3) is 0 Å². The Kier molecular flexibility index (Phi) is 17.7. The molecule has 0 rings (SSSR count). The Balaban J connectivity index is 3.57. The molecule has 0 nitrogen and oxygen atoms in total. The highest BCUT2D eigenvalue weighted by Gasteiger charge is 1.90. The van der Waals surface area contributed by atoms with E-state index in [-0.39, 0.29) is 0 Å². The van der Waals surface area contributed by atoms with E-state index in [0.717, 1.165) is 25.7 Å². The molecular weight excluding hydrogens is 276 g/mol. The Bertz CT molecular complexity index is 365. The molecule has 0 aromatic heterocycles. The van der Waals surface area contributed by atoms with E-state index in [1.165, 1.54) is 32.1 Å². The number of hydrogen-bond acceptors (Lipinski definition) is 0. The Labute approximate surface area is 145 Å². The summed E-state index contributed by atoms with van der Waals surface area (Å²) >= 11 is 0. The maximum atomic E-state index is 2.33. The number of hydrogen-bond donors (Lipinski definition) is 0. The first kappa shape index (κ1) is 21.7. The Hall–Kier alpha value is -1.30. The van der Waals surface area contributed by atoms with E-state index >= 15 is 0 Å². The minimum absolute atomic E-state index is 0.625. The van der Waals surface area contributed by atoms with Gasteiger partial charge < -0.3 is 0 Å². The van der Waals surface area contributed by atoms with Crippen LogP contribution in [0.3, 0.4) is 0 Å². The summed E-state index contributed by atoms with van der Waals surface area (Å²) in [6, 6.07) is 0. The normalized spacial score (nSPS) is 14.4. The number of unbranched alkanes of at least 4 members (excludes halogenated alkanes) is 4. The van der Waals surface area contributed by atoms with Crippen LogP contribution in [0, 0.1) is 5.92 Å². The molecule has 0 aromatic rings. The highest BCUT2D eigenvalue weighted by Crippen LogP contribution is 2.05. The lowest BCUT2D eigenvalue weighted by Crippen LogP contribution is -1.84. The molecule has 0 radical (unpaired) electrons. The lowest BCUT2D eigenvalue weighted by atomic mass is 10.1. The molecule has 0 aliphatic rings. The van der Waals surface area contributed by atoms with Crippen molar-refractivity contribution in [2.24, 2.45) is 5.92 Å². The smallest absolute Gasteiger partial charge is 0.0166 e. The molecule has 0 heterocycles. The lowest BCUT2D eigenvalue weighted by Gasteiger charge is -1.99. The van der Waals surface area contributed by atoms with Crippen molar-refractivity contribution in [1.29, 1.82) is 0 Å². The van der Waals surface area contributed by atoms with Gasteiger partial charge in [0.15, 0.2) is 0 Å². The number of allylic oxidation sites excluding steroid dienone is 10. The number of rotatable bonds is 14.